The summed E-state index contributed by atoms with van der Waals surface area (Å²) in [5, 5.41) is 7.70. The van der Waals surface area contributed by atoms with E-state index < -0.39 is 0 Å². The number of amides is 1. The molecular formula is C28H29N5O3. The van der Waals surface area contributed by atoms with Gasteiger partial charge in [0.05, 0.1) is 12.8 Å². The second-order valence-corrected chi connectivity index (χ2v) is 9.14. The molecule has 0 radical (unpaired) electrons. The average molecular weight is 484 g/mol. The van der Waals surface area contributed by atoms with E-state index in [1.807, 2.05) is 57.2 Å². The van der Waals surface area contributed by atoms with E-state index in [9.17, 15) is 4.79 Å². The fourth-order valence-corrected chi connectivity index (χ4v) is 4.73. The molecule has 1 unspecified atom stereocenters. The minimum atomic E-state index is -0.187. The monoisotopic (exact) mass is 483 g/mol. The molecule has 0 fully saturated rings. The predicted octanol–water partition coefficient (Wildman–Crippen LogP) is 4.96. The topological polar surface area (TPSA) is 91.2 Å². The maximum Gasteiger partial charge on any atom is 0.252 e. The number of hydrogen-bond donors (Lipinski definition) is 1. The predicted molar refractivity (Wildman–Crippen MR) is 137 cm³/mol. The largest absolute Gasteiger partial charge is 0.493 e. The van der Waals surface area contributed by atoms with Crippen molar-refractivity contribution in [1.82, 2.24) is 19.7 Å². The second-order valence-electron chi connectivity index (χ2n) is 9.14. The first-order valence-corrected chi connectivity index (χ1v) is 11.9. The van der Waals surface area contributed by atoms with Crippen molar-refractivity contribution in [2.24, 2.45) is 0 Å². The number of nitrogens with zero attached hydrogens (tertiary/aromatic N) is 4. The molecule has 0 spiro atoms. The van der Waals surface area contributed by atoms with E-state index in [0.29, 0.717) is 36.3 Å². The SMILES string of the molecule is COc1cc(C2CC(=O)Nc3c2c(C)nn3-c2nc(C)cc(C)n2)ccc1OCc1ccccc1C. The van der Waals surface area contributed by atoms with Crippen molar-refractivity contribution in [2.45, 2.75) is 46.6 Å². The van der Waals surface area contributed by atoms with Gasteiger partial charge in [0.1, 0.15) is 12.4 Å². The Morgan fingerprint density at radius 1 is 1.00 bits per heavy atom. The van der Waals surface area contributed by atoms with E-state index >= 15 is 0 Å². The third-order valence-electron chi connectivity index (χ3n) is 6.50. The minimum Gasteiger partial charge on any atom is -0.493 e. The Morgan fingerprint density at radius 3 is 2.47 bits per heavy atom. The van der Waals surface area contributed by atoms with E-state index in [1.165, 1.54) is 5.56 Å². The van der Waals surface area contributed by atoms with Crippen LogP contribution in [0.25, 0.3) is 5.95 Å². The number of hydrogen-bond acceptors (Lipinski definition) is 6. The summed E-state index contributed by atoms with van der Waals surface area (Å²) in [6, 6.07) is 15.9. The van der Waals surface area contributed by atoms with Crippen molar-refractivity contribution >= 4 is 11.7 Å². The van der Waals surface area contributed by atoms with E-state index in [2.05, 4.69) is 34.3 Å². The molecule has 2 aromatic carbocycles. The maximum absolute atomic E-state index is 12.8. The number of rotatable bonds is 6. The maximum atomic E-state index is 12.8. The van der Waals surface area contributed by atoms with Crippen LogP contribution in [0.2, 0.25) is 0 Å². The molecular weight excluding hydrogens is 454 g/mol. The zero-order chi connectivity index (χ0) is 25.4. The fraction of sp³-hybridized carbons (Fsp3) is 0.286. The van der Waals surface area contributed by atoms with Gasteiger partial charge in [-0.1, -0.05) is 30.3 Å². The molecule has 0 saturated heterocycles. The Bertz CT molecular complexity index is 1440. The number of carbonyl (C=O) groups excluding carboxylic acids is 1. The van der Waals surface area contributed by atoms with Crippen LogP contribution < -0.4 is 14.8 Å². The van der Waals surface area contributed by atoms with Crippen LogP contribution in [0, 0.1) is 27.7 Å². The van der Waals surface area contributed by atoms with Gasteiger partial charge in [-0.15, -0.1) is 0 Å². The molecule has 8 heteroatoms. The number of carbonyl (C=O) groups is 1. The Labute approximate surface area is 210 Å². The molecule has 36 heavy (non-hydrogen) atoms. The van der Waals surface area contributed by atoms with E-state index in [-0.39, 0.29) is 11.8 Å². The van der Waals surface area contributed by atoms with Crippen LogP contribution in [0.15, 0.2) is 48.5 Å². The highest BCUT2D eigenvalue weighted by Gasteiger charge is 2.33. The highest BCUT2D eigenvalue weighted by molar-refractivity contribution is 5.95. The van der Waals surface area contributed by atoms with Crippen LogP contribution >= 0.6 is 0 Å². The van der Waals surface area contributed by atoms with Crippen LogP contribution in [0.1, 0.15) is 51.7 Å². The van der Waals surface area contributed by atoms with E-state index in [0.717, 1.165) is 33.8 Å². The number of anilines is 1. The fourth-order valence-electron chi connectivity index (χ4n) is 4.73. The lowest BCUT2D eigenvalue weighted by atomic mass is 9.85. The zero-order valence-electron chi connectivity index (χ0n) is 21.1. The van der Waals surface area contributed by atoms with Crippen LogP contribution in [-0.4, -0.2) is 32.8 Å². The molecule has 8 nitrogen and oxygen atoms in total. The summed E-state index contributed by atoms with van der Waals surface area (Å²) < 4.78 is 13.4. The molecule has 0 aliphatic carbocycles. The Kier molecular flexibility index (Phi) is 6.18. The molecule has 1 aliphatic rings. The number of ether oxygens (including phenoxy) is 2. The first kappa shape index (κ1) is 23.5. The number of benzene rings is 2. The molecule has 0 bridgehead atoms. The second kappa shape index (κ2) is 9.45. The van der Waals surface area contributed by atoms with Crippen LogP contribution in [0.4, 0.5) is 5.82 Å². The highest BCUT2D eigenvalue weighted by Crippen LogP contribution is 2.42. The molecule has 5 rings (SSSR count). The summed E-state index contributed by atoms with van der Waals surface area (Å²) in [5.74, 6) is 2.05. The minimum absolute atomic E-state index is 0.0862. The third kappa shape index (κ3) is 4.42. The van der Waals surface area contributed by atoms with E-state index in [1.54, 1.807) is 11.8 Å². The standard InChI is InChI=1S/C28H29N5O3/c1-16-8-6-7-9-21(16)15-36-23-11-10-20(13-24(23)35-5)22-14-25(34)31-27-26(22)19(4)32-33(27)28-29-17(2)12-18(3)30-28/h6-13,22H,14-15H2,1-5H3,(H,31,34). The van der Waals surface area contributed by atoms with Crippen molar-refractivity contribution in [1.29, 1.82) is 0 Å². The number of nitrogens with one attached hydrogen (secondary N) is 1. The van der Waals surface area contributed by atoms with Crippen LogP contribution in [0.5, 0.6) is 11.5 Å². The Morgan fingerprint density at radius 2 is 1.75 bits per heavy atom. The molecule has 1 aliphatic heterocycles. The zero-order valence-corrected chi connectivity index (χ0v) is 21.1. The average Bonchev–Trinajstić information content (AvgIpc) is 3.18. The molecule has 184 valence electrons. The molecule has 0 saturated carbocycles. The molecule has 1 amide bonds. The lowest BCUT2D eigenvalue weighted by Crippen LogP contribution is -2.25. The number of aryl methyl sites for hydroxylation is 4. The van der Waals surface area contributed by atoms with Crippen molar-refractivity contribution in [3.8, 4) is 17.4 Å². The van der Waals surface area contributed by atoms with Crippen molar-refractivity contribution in [2.75, 3.05) is 12.4 Å². The van der Waals surface area contributed by atoms with Crippen molar-refractivity contribution < 1.29 is 14.3 Å². The van der Waals surface area contributed by atoms with Crippen molar-refractivity contribution in [3.63, 3.8) is 0 Å². The Balaban J connectivity index is 1.50. The van der Waals surface area contributed by atoms with Crippen LogP contribution in [-0.2, 0) is 11.4 Å². The Hall–Kier alpha value is -4.20. The third-order valence-corrected chi connectivity index (χ3v) is 6.50. The van der Waals surface area contributed by atoms with Gasteiger partial charge in [-0.05, 0) is 62.6 Å². The summed E-state index contributed by atoms with van der Waals surface area (Å²) in [7, 11) is 1.62. The highest BCUT2D eigenvalue weighted by atomic mass is 16.5. The first-order chi connectivity index (χ1) is 17.3. The molecule has 4 aromatic rings. The van der Waals surface area contributed by atoms with Gasteiger partial charge in [0.2, 0.25) is 5.91 Å². The summed E-state index contributed by atoms with van der Waals surface area (Å²) in [6.07, 6.45) is 0.305. The number of aromatic nitrogens is 4. The molecule has 1 atom stereocenters. The van der Waals surface area contributed by atoms with Gasteiger partial charge in [0.25, 0.3) is 5.95 Å². The number of fused-ring (bicyclic) bond motifs is 1. The first-order valence-electron chi connectivity index (χ1n) is 11.9. The van der Waals surface area contributed by atoms with Gasteiger partial charge in [-0.2, -0.15) is 9.78 Å². The van der Waals surface area contributed by atoms with Gasteiger partial charge >= 0.3 is 0 Å². The summed E-state index contributed by atoms with van der Waals surface area (Å²) in [4.78, 5) is 21.9. The normalized spacial score (nSPS) is 14.8. The van der Waals surface area contributed by atoms with Gasteiger partial charge in [-0.3, -0.25) is 4.79 Å². The van der Waals surface area contributed by atoms with Crippen LogP contribution in [0.3, 0.4) is 0 Å². The smallest absolute Gasteiger partial charge is 0.252 e. The molecule has 3 heterocycles. The van der Waals surface area contributed by atoms with Gasteiger partial charge in [0, 0.05) is 29.3 Å². The van der Waals surface area contributed by atoms with Gasteiger partial charge in [-0.25, -0.2) is 9.97 Å². The number of methoxy groups -OCH3 is 1. The lowest BCUT2D eigenvalue weighted by Gasteiger charge is -2.25. The van der Waals surface area contributed by atoms with Gasteiger partial charge < -0.3 is 14.8 Å². The lowest BCUT2D eigenvalue weighted by molar-refractivity contribution is -0.116. The van der Waals surface area contributed by atoms with Gasteiger partial charge in [0.15, 0.2) is 11.5 Å². The molecule has 2 aromatic heterocycles. The molecule has 1 N–H and O–H groups in total. The quantitative estimate of drug-likeness (QED) is 0.417. The summed E-state index contributed by atoms with van der Waals surface area (Å²) in [5.41, 5.74) is 6.69. The van der Waals surface area contributed by atoms with Crippen molar-refractivity contribution in [3.05, 3.63) is 87.9 Å². The summed E-state index contributed by atoms with van der Waals surface area (Å²) >= 11 is 0. The van der Waals surface area contributed by atoms with E-state index in [4.69, 9.17) is 14.6 Å². The summed E-state index contributed by atoms with van der Waals surface area (Å²) in [6.45, 7) is 8.28.